The summed E-state index contributed by atoms with van der Waals surface area (Å²) in [6, 6.07) is 6.09. The van der Waals surface area contributed by atoms with Crippen LogP contribution in [0.1, 0.15) is 36.5 Å². The number of piperidine rings is 3. The van der Waals surface area contributed by atoms with Crippen molar-refractivity contribution in [2.45, 2.75) is 32.2 Å². The molecule has 1 aromatic rings. The Hall–Kier alpha value is -0.820. The minimum absolute atomic E-state index is 0.00312. The number of benzene rings is 1. The van der Waals surface area contributed by atoms with Crippen molar-refractivity contribution in [2.75, 3.05) is 26.2 Å². The first-order chi connectivity index (χ1) is 10.7. The number of nitrogens with zero attached hydrogens (tertiary/aromatic N) is 1. The molecule has 1 N–H and O–H groups in total. The highest BCUT2D eigenvalue weighted by Crippen LogP contribution is 2.28. The van der Waals surface area contributed by atoms with Gasteiger partial charge in [-0.25, -0.2) is 0 Å². The number of carbonyl (C=O) groups is 1. The fraction of sp³-hybridized carbons (Fsp3) is 0.588. The Morgan fingerprint density at radius 1 is 1.41 bits per heavy atom. The molecule has 1 amide bonds. The number of carbonyl (C=O) groups excluding carboxylic acids is 1. The minimum Gasteiger partial charge on any atom is -0.493 e. The maximum Gasteiger partial charge on any atom is 0.255 e. The van der Waals surface area contributed by atoms with E-state index in [2.05, 4.69) is 39.7 Å². The van der Waals surface area contributed by atoms with Gasteiger partial charge in [-0.3, -0.25) is 4.79 Å². The van der Waals surface area contributed by atoms with Crippen LogP contribution >= 0.6 is 22.6 Å². The Morgan fingerprint density at radius 2 is 2.18 bits per heavy atom. The summed E-state index contributed by atoms with van der Waals surface area (Å²) >= 11 is 2.24. The van der Waals surface area contributed by atoms with Crippen LogP contribution in [0.15, 0.2) is 18.2 Å². The molecule has 120 valence electrons. The SMILES string of the molecule is CCCOc1ccc(I)cc1C(=O)NC1CN2CCC1CC2. The third-order valence-corrected chi connectivity index (χ3v) is 5.29. The first-order valence-corrected chi connectivity index (χ1v) is 9.21. The van der Waals surface area contributed by atoms with Crippen LogP contribution in [0.5, 0.6) is 5.75 Å². The summed E-state index contributed by atoms with van der Waals surface area (Å²) in [7, 11) is 0. The van der Waals surface area contributed by atoms with Crippen molar-refractivity contribution in [3.8, 4) is 5.75 Å². The molecule has 2 bridgehead atoms. The van der Waals surface area contributed by atoms with Gasteiger partial charge in [0.25, 0.3) is 5.91 Å². The lowest BCUT2D eigenvalue weighted by atomic mass is 9.84. The molecule has 1 aromatic carbocycles. The predicted octanol–water partition coefficient (Wildman–Crippen LogP) is 2.90. The zero-order valence-corrected chi connectivity index (χ0v) is 15.1. The zero-order valence-electron chi connectivity index (χ0n) is 13.0. The zero-order chi connectivity index (χ0) is 15.5. The lowest BCUT2D eigenvalue weighted by Crippen LogP contribution is -2.57. The van der Waals surface area contributed by atoms with Gasteiger partial charge in [-0.15, -0.1) is 0 Å². The van der Waals surface area contributed by atoms with Crippen LogP contribution in [-0.2, 0) is 0 Å². The van der Waals surface area contributed by atoms with Crippen LogP contribution in [0.3, 0.4) is 0 Å². The van der Waals surface area contributed by atoms with Crippen molar-refractivity contribution in [3.05, 3.63) is 27.3 Å². The summed E-state index contributed by atoms with van der Waals surface area (Å²) in [5.74, 6) is 1.33. The molecule has 0 spiro atoms. The topological polar surface area (TPSA) is 41.6 Å². The molecule has 0 radical (unpaired) electrons. The molecule has 3 saturated heterocycles. The van der Waals surface area contributed by atoms with E-state index < -0.39 is 0 Å². The van der Waals surface area contributed by atoms with E-state index in [0.29, 0.717) is 23.8 Å². The van der Waals surface area contributed by atoms with Crippen LogP contribution in [0, 0.1) is 9.49 Å². The number of fused-ring (bicyclic) bond motifs is 3. The first kappa shape index (κ1) is 16.1. The molecular weight excluding hydrogens is 391 g/mol. The molecule has 3 aliphatic rings. The molecule has 0 aliphatic carbocycles. The molecule has 1 unspecified atom stereocenters. The lowest BCUT2D eigenvalue weighted by molar-refractivity contribution is 0.0618. The van der Waals surface area contributed by atoms with Gasteiger partial charge in [0.2, 0.25) is 0 Å². The van der Waals surface area contributed by atoms with Crippen LogP contribution in [-0.4, -0.2) is 43.1 Å². The van der Waals surface area contributed by atoms with Crippen molar-refractivity contribution in [1.82, 2.24) is 10.2 Å². The monoisotopic (exact) mass is 414 g/mol. The highest BCUT2D eigenvalue weighted by Gasteiger charge is 2.35. The Balaban J connectivity index is 1.72. The van der Waals surface area contributed by atoms with E-state index >= 15 is 0 Å². The molecule has 3 heterocycles. The summed E-state index contributed by atoms with van der Waals surface area (Å²) in [4.78, 5) is 15.2. The van der Waals surface area contributed by atoms with Crippen molar-refractivity contribution in [1.29, 1.82) is 0 Å². The second-order valence-electron chi connectivity index (χ2n) is 6.21. The lowest BCUT2D eigenvalue weighted by Gasteiger charge is -2.44. The van der Waals surface area contributed by atoms with E-state index in [9.17, 15) is 4.79 Å². The fourth-order valence-corrected chi connectivity index (χ4v) is 3.88. The summed E-state index contributed by atoms with van der Waals surface area (Å²) in [6.07, 6.45) is 3.35. The quantitative estimate of drug-likeness (QED) is 0.754. The molecule has 1 atom stereocenters. The van der Waals surface area contributed by atoms with E-state index in [1.54, 1.807) is 0 Å². The maximum atomic E-state index is 12.7. The van der Waals surface area contributed by atoms with Crippen LogP contribution in [0.2, 0.25) is 0 Å². The summed E-state index contributed by atoms with van der Waals surface area (Å²) in [5, 5.41) is 3.25. The van der Waals surface area contributed by atoms with E-state index in [0.717, 1.165) is 16.5 Å². The first-order valence-electron chi connectivity index (χ1n) is 8.13. The summed E-state index contributed by atoms with van der Waals surface area (Å²) in [6.45, 7) is 6.07. The van der Waals surface area contributed by atoms with Crippen molar-refractivity contribution in [3.63, 3.8) is 0 Å². The molecule has 4 nitrogen and oxygen atoms in total. The molecule has 0 saturated carbocycles. The average Bonchev–Trinajstić information content (AvgIpc) is 2.54. The maximum absolute atomic E-state index is 12.7. The number of ether oxygens (including phenoxy) is 1. The predicted molar refractivity (Wildman–Crippen MR) is 95.4 cm³/mol. The highest BCUT2D eigenvalue weighted by molar-refractivity contribution is 14.1. The number of amides is 1. The van der Waals surface area contributed by atoms with Gasteiger partial charge in [-0.05, 0) is 79.1 Å². The molecule has 4 rings (SSSR count). The molecular formula is C17H23IN2O2. The smallest absolute Gasteiger partial charge is 0.255 e. The van der Waals surface area contributed by atoms with Gasteiger partial charge in [0.05, 0.1) is 12.2 Å². The molecule has 22 heavy (non-hydrogen) atoms. The number of halogens is 1. The van der Waals surface area contributed by atoms with Gasteiger partial charge in [0.1, 0.15) is 5.75 Å². The fourth-order valence-electron chi connectivity index (χ4n) is 3.39. The number of hydrogen-bond acceptors (Lipinski definition) is 3. The van der Waals surface area contributed by atoms with Gasteiger partial charge in [-0.2, -0.15) is 0 Å². The van der Waals surface area contributed by atoms with Crippen LogP contribution in [0.25, 0.3) is 0 Å². The van der Waals surface area contributed by atoms with E-state index in [1.807, 2.05) is 18.2 Å². The Bertz CT molecular complexity index is 541. The van der Waals surface area contributed by atoms with Gasteiger partial charge >= 0.3 is 0 Å². The standard InChI is InChI=1S/C17H23IN2O2/c1-2-9-22-16-4-3-13(18)10-14(16)17(21)19-15-11-20-7-5-12(15)6-8-20/h3-4,10,12,15H,2,5-9,11H2,1H3,(H,19,21). The normalized spacial score (nSPS) is 26.7. The van der Waals surface area contributed by atoms with Crippen LogP contribution in [0.4, 0.5) is 0 Å². The highest BCUT2D eigenvalue weighted by atomic mass is 127. The summed E-state index contributed by atoms with van der Waals surface area (Å²) in [5.41, 5.74) is 0.664. The van der Waals surface area contributed by atoms with Gasteiger partial charge in [0, 0.05) is 16.2 Å². The molecule has 5 heteroatoms. The largest absolute Gasteiger partial charge is 0.493 e. The molecule has 0 aromatic heterocycles. The Morgan fingerprint density at radius 3 is 2.82 bits per heavy atom. The third-order valence-electron chi connectivity index (χ3n) is 4.62. The van der Waals surface area contributed by atoms with E-state index in [1.165, 1.54) is 25.9 Å². The number of nitrogens with one attached hydrogen (secondary N) is 1. The number of rotatable bonds is 5. The molecule has 3 fully saturated rings. The Kier molecular flexibility index (Phi) is 5.23. The van der Waals surface area contributed by atoms with Crippen molar-refractivity contribution in [2.24, 2.45) is 5.92 Å². The van der Waals surface area contributed by atoms with Crippen molar-refractivity contribution < 1.29 is 9.53 Å². The number of hydrogen-bond donors (Lipinski definition) is 1. The Labute approximate surface area is 145 Å². The molecule has 3 aliphatic heterocycles. The van der Waals surface area contributed by atoms with E-state index in [4.69, 9.17) is 4.74 Å². The second kappa shape index (κ2) is 7.17. The second-order valence-corrected chi connectivity index (χ2v) is 7.45. The average molecular weight is 414 g/mol. The minimum atomic E-state index is 0.00312. The third kappa shape index (κ3) is 3.56. The summed E-state index contributed by atoms with van der Waals surface area (Å²) < 4.78 is 6.79. The van der Waals surface area contributed by atoms with Gasteiger partial charge < -0.3 is 15.0 Å². The van der Waals surface area contributed by atoms with Gasteiger partial charge in [0.15, 0.2) is 0 Å². The van der Waals surface area contributed by atoms with Crippen molar-refractivity contribution >= 4 is 28.5 Å². The van der Waals surface area contributed by atoms with Gasteiger partial charge in [-0.1, -0.05) is 6.92 Å². The van der Waals surface area contributed by atoms with Crippen LogP contribution < -0.4 is 10.1 Å². The van der Waals surface area contributed by atoms with E-state index in [-0.39, 0.29) is 11.9 Å².